The van der Waals surface area contributed by atoms with Gasteiger partial charge in [0, 0.05) is 11.1 Å². The maximum Gasteiger partial charge on any atom is 0.193 e. The molecule has 0 saturated heterocycles. The van der Waals surface area contributed by atoms with E-state index in [-0.39, 0.29) is 0 Å². The molecule has 0 aliphatic heterocycles. The van der Waals surface area contributed by atoms with Crippen molar-refractivity contribution in [3.8, 4) is 0 Å². The molecule has 0 radical (unpaired) electrons. The van der Waals surface area contributed by atoms with E-state index >= 15 is 0 Å². The molecule has 0 aliphatic rings. The van der Waals surface area contributed by atoms with E-state index < -0.39 is 0 Å². The molecule has 0 fully saturated rings. The topological polar surface area (TPSA) is 63.5 Å². The van der Waals surface area contributed by atoms with Gasteiger partial charge in [-0.3, -0.25) is 0 Å². The van der Waals surface area contributed by atoms with Crippen molar-refractivity contribution in [3.63, 3.8) is 0 Å². The normalized spacial score (nSPS) is 12.0. The molecular formula is C19H21N3O. The fourth-order valence-electron chi connectivity index (χ4n) is 2.44. The van der Waals surface area contributed by atoms with Gasteiger partial charge in [-0.15, -0.1) is 0 Å². The Balaban J connectivity index is 1.69. The summed E-state index contributed by atoms with van der Waals surface area (Å²) in [6, 6.07) is 18.1. The summed E-state index contributed by atoms with van der Waals surface area (Å²) in [4.78, 5) is 4.35. The molecule has 4 heteroatoms. The summed E-state index contributed by atoms with van der Waals surface area (Å²) >= 11 is 0. The highest BCUT2D eigenvalue weighted by Gasteiger charge is 2.04. The number of furan rings is 1. The summed E-state index contributed by atoms with van der Waals surface area (Å²) in [6.45, 7) is 4.74. The summed E-state index contributed by atoms with van der Waals surface area (Å²) in [5.74, 6) is 1.66. The molecule has 23 heavy (non-hydrogen) atoms. The van der Waals surface area contributed by atoms with Crippen LogP contribution in [0.4, 0.5) is 5.69 Å². The molecule has 0 aliphatic carbocycles. The zero-order chi connectivity index (χ0) is 16.2. The summed E-state index contributed by atoms with van der Waals surface area (Å²) < 4.78 is 5.73. The van der Waals surface area contributed by atoms with Crippen molar-refractivity contribution in [3.05, 3.63) is 65.9 Å². The molecule has 0 amide bonds. The van der Waals surface area contributed by atoms with Gasteiger partial charge in [-0.05, 0) is 35.7 Å². The van der Waals surface area contributed by atoms with Crippen LogP contribution in [-0.4, -0.2) is 5.96 Å². The second kappa shape index (κ2) is 6.57. The van der Waals surface area contributed by atoms with Gasteiger partial charge in [0.15, 0.2) is 5.96 Å². The lowest BCUT2D eigenvalue weighted by Gasteiger charge is -2.09. The largest absolute Gasteiger partial charge is 0.459 e. The van der Waals surface area contributed by atoms with Crippen LogP contribution in [-0.2, 0) is 6.54 Å². The molecule has 0 bridgehead atoms. The summed E-state index contributed by atoms with van der Waals surface area (Å²) in [5, 5.41) is 4.20. The highest BCUT2D eigenvalue weighted by atomic mass is 16.3. The van der Waals surface area contributed by atoms with Gasteiger partial charge in [0.2, 0.25) is 0 Å². The van der Waals surface area contributed by atoms with Crippen molar-refractivity contribution in [1.82, 2.24) is 0 Å². The Morgan fingerprint density at radius 3 is 2.74 bits per heavy atom. The van der Waals surface area contributed by atoms with Crippen LogP contribution in [0.5, 0.6) is 0 Å². The quantitative estimate of drug-likeness (QED) is 0.551. The Labute approximate surface area is 136 Å². The lowest BCUT2D eigenvalue weighted by molar-refractivity contribution is 0.553. The Morgan fingerprint density at radius 1 is 1.13 bits per heavy atom. The number of guanidine groups is 1. The van der Waals surface area contributed by atoms with Gasteiger partial charge in [0.25, 0.3) is 0 Å². The number of fused-ring (bicyclic) bond motifs is 1. The van der Waals surface area contributed by atoms with Gasteiger partial charge in [-0.1, -0.05) is 44.2 Å². The molecule has 3 aromatic rings. The zero-order valence-corrected chi connectivity index (χ0v) is 13.4. The van der Waals surface area contributed by atoms with Crippen LogP contribution < -0.4 is 11.1 Å². The molecule has 0 atom stereocenters. The molecule has 3 N–H and O–H groups in total. The number of rotatable bonds is 4. The molecule has 4 nitrogen and oxygen atoms in total. The van der Waals surface area contributed by atoms with E-state index in [0.29, 0.717) is 18.4 Å². The highest BCUT2D eigenvalue weighted by Crippen LogP contribution is 2.20. The first-order valence-corrected chi connectivity index (χ1v) is 7.76. The van der Waals surface area contributed by atoms with E-state index in [1.807, 2.05) is 42.5 Å². The third-order valence-electron chi connectivity index (χ3n) is 3.71. The third-order valence-corrected chi connectivity index (χ3v) is 3.71. The Morgan fingerprint density at radius 2 is 1.96 bits per heavy atom. The molecule has 3 rings (SSSR count). The van der Waals surface area contributed by atoms with E-state index in [9.17, 15) is 0 Å². The SMILES string of the molecule is CC(C)c1cccc(NC(N)=NCc2cc3ccccc3o2)c1. The van der Waals surface area contributed by atoms with Crippen LogP contribution in [0.15, 0.2) is 64.0 Å². The van der Waals surface area contributed by atoms with Gasteiger partial charge >= 0.3 is 0 Å². The average Bonchev–Trinajstić information content (AvgIpc) is 2.96. The number of hydrogen-bond acceptors (Lipinski definition) is 2. The maximum absolute atomic E-state index is 5.97. The van der Waals surface area contributed by atoms with E-state index in [0.717, 1.165) is 22.4 Å². The predicted molar refractivity (Wildman–Crippen MR) is 95.7 cm³/mol. The van der Waals surface area contributed by atoms with Gasteiger partial charge in [-0.2, -0.15) is 0 Å². The van der Waals surface area contributed by atoms with Crippen LogP contribution in [0, 0.1) is 0 Å². The van der Waals surface area contributed by atoms with Crippen molar-refractivity contribution in [2.24, 2.45) is 10.7 Å². The Kier molecular flexibility index (Phi) is 4.33. The molecular weight excluding hydrogens is 286 g/mol. The number of anilines is 1. The van der Waals surface area contributed by atoms with Crippen LogP contribution in [0.3, 0.4) is 0 Å². The smallest absolute Gasteiger partial charge is 0.193 e. The first-order chi connectivity index (χ1) is 11.1. The van der Waals surface area contributed by atoms with E-state index in [2.05, 4.69) is 36.3 Å². The van der Waals surface area contributed by atoms with Crippen molar-refractivity contribution >= 4 is 22.6 Å². The third kappa shape index (κ3) is 3.72. The minimum Gasteiger partial charge on any atom is -0.459 e. The van der Waals surface area contributed by atoms with Crippen molar-refractivity contribution < 1.29 is 4.42 Å². The van der Waals surface area contributed by atoms with E-state index in [1.165, 1.54) is 5.56 Å². The van der Waals surface area contributed by atoms with Gasteiger partial charge in [0.1, 0.15) is 17.9 Å². The average molecular weight is 307 g/mol. The molecule has 2 aromatic carbocycles. The molecule has 1 heterocycles. The van der Waals surface area contributed by atoms with Crippen molar-refractivity contribution in [1.29, 1.82) is 0 Å². The van der Waals surface area contributed by atoms with Crippen molar-refractivity contribution in [2.45, 2.75) is 26.3 Å². The number of benzene rings is 2. The number of hydrogen-bond donors (Lipinski definition) is 2. The van der Waals surface area contributed by atoms with Crippen LogP contribution in [0.2, 0.25) is 0 Å². The Bertz CT molecular complexity index is 800. The fraction of sp³-hybridized carbons (Fsp3) is 0.211. The van der Waals surface area contributed by atoms with Crippen LogP contribution in [0.1, 0.15) is 31.1 Å². The summed E-state index contributed by atoms with van der Waals surface area (Å²) in [6.07, 6.45) is 0. The van der Waals surface area contributed by atoms with Crippen LogP contribution >= 0.6 is 0 Å². The predicted octanol–water partition coefficient (Wildman–Crippen LogP) is 4.48. The second-order valence-electron chi connectivity index (χ2n) is 5.86. The maximum atomic E-state index is 5.97. The summed E-state index contributed by atoms with van der Waals surface area (Å²) in [7, 11) is 0. The molecule has 0 saturated carbocycles. The molecule has 0 spiro atoms. The number of nitrogens with zero attached hydrogens (tertiary/aromatic N) is 1. The standard InChI is InChI=1S/C19H21N3O/c1-13(2)14-7-5-8-16(10-14)22-19(20)21-12-17-11-15-6-3-4-9-18(15)23-17/h3-11,13H,12H2,1-2H3,(H3,20,21,22). The van der Waals surface area contributed by atoms with E-state index in [4.69, 9.17) is 10.2 Å². The van der Waals surface area contributed by atoms with Crippen molar-refractivity contribution in [2.75, 3.05) is 5.32 Å². The first kappa shape index (κ1) is 15.2. The van der Waals surface area contributed by atoms with Gasteiger partial charge < -0.3 is 15.5 Å². The second-order valence-corrected chi connectivity index (χ2v) is 5.86. The van der Waals surface area contributed by atoms with Gasteiger partial charge in [0.05, 0.1) is 0 Å². The number of nitrogens with two attached hydrogens (primary N) is 1. The van der Waals surface area contributed by atoms with Gasteiger partial charge in [-0.25, -0.2) is 4.99 Å². The summed E-state index contributed by atoms with van der Waals surface area (Å²) in [5.41, 5.74) is 9.05. The minimum atomic E-state index is 0.381. The fourth-order valence-corrected chi connectivity index (χ4v) is 2.44. The lowest BCUT2D eigenvalue weighted by atomic mass is 10.0. The molecule has 118 valence electrons. The lowest BCUT2D eigenvalue weighted by Crippen LogP contribution is -2.22. The first-order valence-electron chi connectivity index (χ1n) is 7.76. The van der Waals surface area contributed by atoms with Crippen LogP contribution in [0.25, 0.3) is 11.0 Å². The Hall–Kier alpha value is -2.75. The minimum absolute atomic E-state index is 0.381. The molecule has 0 unspecified atom stereocenters. The molecule has 1 aromatic heterocycles. The monoisotopic (exact) mass is 307 g/mol. The zero-order valence-electron chi connectivity index (χ0n) is 13.4. The highest BCUT2D eigenvalue weighted by molar-refractivity contribution is 5.92. The number of para-hydroxylation sites is 1. The van der Waals surface area contributed by atoms with E-state index in [1.54, 1.807) is 0 Å². The number of nitrogens with one attached hydrogen (secondary N) is 1. The number of aliphatic imine (C=N–C) groups is 1.